The van der Waals surface area contributed by atoms with Gasteiger partial charge in [0.1, 0.15) is 29.0 Å². The molecule has 0 radical (unpaired) electrons. The van der Waals surface area contributed by atoms with Crippen molar-refractivity contribution < 1.29 is 9.47 Å². The van der Waals surface area contributed by atoms with E-state index in [2.05, 4.69) is 39.7 Å². The molecule has 0 bridgehead atoms. The van der Waals surface area contributed by atoms with Gasteiger partial charge in [-0.15, -0.1) is 0 Å². The third-order valence-electron chi connectivity index (χ3n) is 3.83. The summed E-state index contributed by atoms with van der Waals surface area (Å²) in [6.07, 6.45) is 0. The minimum atomic E-state index is 0.664. The predicted octanol–water partition coefficient (Wildman–Crippen LogP) is 4.60. The number of anilines is 4. The first-order valence-corrected chi connectivity index (χ1v) is 8.26. The zero-order chi connectivity index (χ0) is 18.5. The van der Waals surface area contributed by atoms with Crippen LogP contribution in [0.5, 0.6) is 11.5 Å². The quantitative estimate of drug-likeness (QED) is 0.677. The number of methoxy groups -OCH3 is 2. The van der Waals surface area contributed by atoms with Crippen LogP contribution in [0.15, 0.2) is 48.5 Å². The molecule has 0 aliphatic heterocycles. The smallest absolute Gasteiger partial charge is 0.146 e. The van der Waals surface area contributed by atoms with Crippen LogP contribution < -0.4 is 20.1 Å². The fourth-order valence-corrected chi connectivity index (χ4v) is 2.52. The van der Waals surface area contributed by atoms with E-state index in [1.54, 1.807) is 14.2 Å². The van der Waals surface area contributed by atoms with Gasteiger partial charge >= 0.3 is 0 Å². The van der Waals surface area contributed by atoms with Crippen LogP contribution >= 0.6 is 0 Å². The fourth-order valence-electron chi connectivity index (χ4n) is 2.52. The zero-order valence-corrected chi connectivity index (χ0v) is 15.3. The molecule has 0 aliphatic rings. The summed E-state index contributed by atoms with van der Waals surface area (Å²) < 4.78 is 10.7. The minimum absolute atomic E-state index is 0.664. The van der Waals surface area contributed by atoms with Gasteiger partial charge in [0, 0.05) is 17.8 Å². The number of aromatic nitrogens is 2. The standard InChI is InChI=1S/C20H22N4O2/c1-13-5-7-15(8-6-13)23-19-12-20(22-14(2)21-19)24-17-10-9-16(25-3)11-18(17)26-4/h5-12H,1-4H3,(H2,21,22,23,24). The molecule has 0 amide bonds. The zero-order valence-electron chi connectivity index (χ0n) is 15.3. The first kappa shape index (κ1) is 17.5. The highest BCUT2D eigenvalue weighted by Crippen LogP contribution is 2.31. The SMILES string of the molecule is COc1ccc(Nc2cc(Nc3ccc(C)cc3)nc(C)n2)c(OC)c1. The lowest BCUT2D eigenvalue weighted by Gasteiger charge is -2.13. The van der Waals surface area contributed by atoms with E-state index in [1.807, 2.05) is 43.3 Å². The largest absolute Gasteiger partial charge is 0.497 e. The van der Waals surface area contributed by atoms with Gasteiger partial charge in [0.15, 0.2) is 0 Å². The Morgan fingerprint density at radius 3 is 2.12 bits per heavy atom. The molecule has 0 atom stereocenters. The number of nitrogens with zero attached hydrogens (tertiary/aromatic N) is 2. The van der Waals surface area contributed by atoms with Crippen LogP contribution in [0.1, 0.15) is 11.4 Å². The molecule has 2 aromatic carbocycles. The molecule has 3 aromatic rings. The second-order valence-electron chi connectivity index (χ2n) is 5.87. The molecule has 3 rings (SSSR count). The summed E-state index contributed by atoms with van der Waals surface area (Å²) in [7, 11) is 3.24. The molecule has 0 fully saturated rings. The molecule has 0 unspecified atom stereocenters. The average molecular weight is 350 g/mol. The van der Waals surface area contributed by atoms with Gasteiger partial charge in [-0.25, -0.2) is 9.97 Å². The molecule has 26 heavy (non-hydrogen) atoms. The van der Waals surface area contributed by atoms with Crippen molar-refractivity contribution in [3.8, 4) is 11.5 Å². The number of nitrogens with one attached hydrogen (secondary N) is 2. The third-order valence-corrected chi connectivity index (χ3v) is 3.83. The topological polar surface area (TPSA) is 68.3 Å². The van der Waals surface area contributed by atoms with E-state index in [1.165, 1.54) is 5.56 Å². The van der Waals surface area contributed by atoms with Crippen LogP contribution in [0.25, 0.3) is 0 Å². The van der Waals surface area contributed by atoms with Crippen molar-refractivity contribution >= 4 is 23.0 Å². The van der Waals surface area contributed by atoms with Gasteiger partial charge in [-0.3, -0.25) is 0 Å². The number of hydrogen-bond acceptors (Lipinski definition) is 6. The van der Waals surface area contributed by atoms with Crippen LogP contribution in [0, 0.1) is 13.8 Å². The van der Waals surface area contributed by atoms with E-state index in [9.17, 15) is 0 Å². The van der Waals surface area contributed by atoms with Gasteiger partial charge in [0.25, 0.3) is 0 Å². The number of rotatable bonds is 6. The second-order valence-corrected chi connectivity index (χ2v) is 5.87. The van der Waals surface area contributed by atoms with E-state index in [-0.39, 0.29) is 0 Å². The maximum Gasteiger partial charge on any atom is 0.146 e. The van der Waals surface area contributed by atoms with Crippen LogP contribution in [0.3, 0.4) is 0 Å². The Morgan fingerprint density at radius 2 is 1.46 bits per heavy atom. The lowest BCUT2D eigenvalue weighted by molar-refractivity contribution is 0.395. The van der Waals surface area contributed by atoms with Gasteiger partial charge in [-0.2, -0.15) is 0 Å². The monoisotopic (exact) mass is 350 g/mol. The highest BCUT2D eigenvalue weighted by molar-refractivity contribution is 5.68. The summed E-state index contributed by atoms with van der Waals surface area (Å²) in [5, 5.41) is 6.58. The van der Waals surface area contributed by atoms with E-state index in [4.69, 9.17) is 9.47 Å². The highest BCUT2D eigenvalue weighted by atomic mass is 16.5. The van der Waals surface area contributed by atoms with E-state index < -0.39 is 0 Å². The number of hydrogen-bond donors (Lipinski definition) is 2. The Balaban J connectivity index is 1.85. The Labute approximate surface area is 153 Å². The maximum absolute atomic E-state index is 5.43. The molecule has 2 N–H and O–H groups in total. The molecule has 1 heterocycles. The van der Waals surface area contributed by atoms with Crippen LogP contribution in [-0.4, -0.2) is 24.2 Å². The van der Waals surface area contributed by atoms with E-state index in [0.29, 0.717) is 17.4 Å². The molecule has 6 heteroatoms. The Morgan fingerprint density at radius 1 is 0.769 bits per heavy atom. The summed E-state index contributed by atoms with van der Waals surface area (Å²) in [6, 6.07) is 15.6. The molecule has 134 valence electrons. The molecule has 0 saturated heterocycles. The average Bonchev–Trinajstić information content (AvgIpc) is 2.63. The number of aryl methyl sites for hydroxylation is 2. The highest BCUT2D eigenvalue weighted by Gasteiger charge is 2.08. The minimum Gasteiger partial charge on any atom is -0.497 e. The summed E-state index contributed by atoms with van der Waals surface area (Å²) in [5.41, 5.74) is 2.98. The number of ether oxygens (including phenoxy) is 2. The fraction of sp³-hybridized carbons (Fsp3) is 0.200. The van der Waals surface area contributed by atoms with Crippen molar-refractivity contribution in [3.63, 3.8) is 0 Å². The first-order valence-electron chi connectivity index (χ1n) is 8.26. The molecule has 0 aliphatic carbocycles. The molecule has 0 saturated carbocycles. The maximum atomic E-state index is 5.43. The Hall–Kier alpha value is -3.28. The number of benzene rings is 2. The summed E-state index contributed by atoms with van der Waals surface area (Å²) in [5.74, 6) is 3.46. The molecular weight excluding hydrogens is 328 g/mol. The Bertz CT molecular complexity index is 895. The second kappa shape index (κ2) is 7.74. The normalized spacial score (nSPS) is 10.3. The molecule has 0 spiro atoms. The summed E-state index contributed by atoms with van der Waals surface area (Å²) in [6.45, 7) is 3.92. The van der Waals surface area contributed by atoms with Crippen LogP contribution in [-0.2, 0) is 0 Å². The van der Waals surface area contributed by atoms with Gasteiger partial charge in [0.05, 0.1) is 19.9 Å². The third kappa shape index (κ3) is 4.22. The molecule has 1 aromatic heterocycles. The van der Waals surface area contributed by atoms with E-state index in [0.717, 1.165) is 22.9 Å². The lowest BCUT2D eigenvalue weighted by Crippen LogP contribution is -2.02. The van der Waals surface area contributed by atoms with Crippen molar-refractivity contribution in [2.45, 2.75) is 13.8 Å². The van der Waals surface area contributed by atoms with Crippen LogP contribution in [0.4, 0.5) is 23.0 Å². The van der Waals surface area contributed by atoms with Crippen molar-refractivity contribution in [1.29, 1.82) is 0 Å². The van der Waals surface area contributed by atoms with Crippen molar-refractivity contribution in [2.24, 2.45) is 0 Å². The van der Waals surface area contributed by atoms with Gasteiger partial charge in [-0.1, -0.05) is 17.7 Å². The van der Waals surface area contributed by atoms with Gasteiger partial charge in [0.2, 0.25) is 0 Å². The van der Waals surface area contributed by atoms with Crippen LogP contribution in [0.2, 0.25) is 0 Å². The lowest BCUT2D eigenvalue weighted by atomic mass is 10.2. The van der Waals surface area contributed by atoms with Crippen molar-refractivity contribution in [1.82, 2.24) is 9.97 Å². The summed E-state index contributed by atoms with van der Waals surface area (Å²) in [4.78, 5) is 8.90. The predicted molar refractivity (Wildman–Crippen MR) is 104 cm³/mol. The Kier molecular flexibility index (Phi) is 5.22. The van der Waals surface area contributed by atoms with Crippen molar-refractivity contribution in [2.75, 3.05) is 24.9 Å². The molecular formula is C20H22N4O2. The summed E-state index contributed by atoms with van der Waals surface area (Å²) >= 11 is 0. The van der Waals surface area contributed by atoms with Crippen molar-refractivity contribution in [3.05, 3.63) is 59.9 Å². The molecule has 6 nitrogen and oxygen atoms in total. The van der Waals surface area contributed by atoms with E-state index >= 15 is 0 Å². The first-order chi connectivity index (χ1) is 12.6. The van der Waals surface area contributed by atoms with Gasteiger partial charge in [-0.05, 0) is 38.1 Å². The van der Waals surface area contributed by atoms with Gasteiger partial charge < -0.3 is 20.1 Å².